The summed E-state index contributed by atoms with van der Waals surface area (Å²) in [6.45, 7) is 5.00. The molecule has 0 saturated carbocycles. The van der Waals surface area contributed by atoms with Gasteiger partial charge in [0.15, 0.2) is 0 Å². The third-order valence-electron chi connectivity index (χ3n) is 4.53. The zero-order valence-corrected chi connectivity index (χ0v) is 16.0. The molecular formula is C20H21BrN2O2. The van der Waals surface area contributed by atoms with Crippen LogP contribution in [-0.2, 0) is 16.1 Å². The number of aryl methyl sites for hydroxylation is 2. The molecule has 130 valence electrons. The summed E-state index contributed by atoms with van der Waals surface area (Å²) < 4.78 is 0.924. The quantitative estimate of drug-likeness (QED) is 0.794. The first-order valence-corrected chi connectivity index (χ1v) is 9.16. The van der Waals surface area contributed by atoms with Gasteiger partial charge < -0.3 is 10.2 Å². The standard InChI is InChI=1S/C20H21BrN2O2/c1-13-4-3-5-15(10-13)12-22-19(24)17-8-9-23(20(17)25)18-11-16(21)7-6-14(18)2/h3-7,10-11,17H,8-9,12H2,1-2H3,(H,22,24)/t17-/m0/s1. The van der Waals surface area contributed by atoms with E-state index in [4.69, 9.17) is 0 Å². The second-order valence-corrected chi connectivity index (χ2v) is 7.38. The third-order valence-corrected chi connectivity index (χ3v) is 5.03. The molecule has 1 atom stereocenters. The maximum atomic E-state index is 12.7. The van der Waals surface area contributed by atoms with Crippen LogP contribution in [0.15, 0.2) is 46.9 Å². The highest BCUT2D eigenvalue weighted by Gasteiger charge is 2.37. The van der Waals surface area contributed by atoms with Crippen LogP contribution in [0.4, 0.5) is 5.69 Å². The van der Waals surface area contributed by atoms with E-state index in [1.807, 2.05) is 56.3 Å². The van der Waals surface area contributed by atoms with Gasteiger partial charge in [0.25, 0.3) is 0 Å². The minimum atomic E-state index is -0.608. The molecule has 0 aliphatic carbocycles. The van der Waals surface area contributed by atoms with Crippen molar-refractivity contribution in [3.63, 3.8) is 0 Å². The molecule has 4 nitrogen and oxygen atoms in total. The van der Waals surface area contributed by atoms with Gasteiger partial charge in [-0.1, -0.05) is 51.8 Å². The van der Waals surface area contributed by atoms with Crippen molar-refractivity contribution in [1.82, 2.24) is 5.32 Å². The molecule has 25 heavy (non-hydrogen) atoms. The minimum Gasteiger partial charge on any atom is -0.351 e. The van der Waals surface area contributed by atoms with E-state index < -0.39 is 5.92 Å². The van der Waals surface area contributed by atoms with Crippen molar-refractivity contribution in [3.8, 4) is 0 Å². The number of carbonyl (C=O) groups excluding carboxylic acids is 2. The predicted octanol–water partition coefficient (Wildman–Crippen LogP) is 3.74. The number of nitrogens with one attached hydrogen (secondary N) is 1. The Morgan fingerprint density at radius 3 is 2.80 bits per heavy atom. The Bertz CT molecular complexity index is 819. The van der Waals surface area contributed by atoms with Gasteiger partial charge in [-0.25, -0.2) is 0 Å². The van der Waals surface area contributed by atoms with E-state index in [-0.39, 0.29) is 11.8 Å². The maximum Gasteiger partial charge on any atom is 0.239 e. The van der Waals surface area contributed by atoms with Gasteiger partial charge in [-0.3, -0.25) is 9.59 Å². The summed E-state index contributed by atoms with van der Waals surface area (Å²) in [5, 5.41) is 2.90. The Balaban J connectivity index is 1.67. The Morgan fingerprint density at radius 2 is 2.04 bits per heavy atom. The van der Waals surface area contributed by atoms with Crippen molar-refractivity contribution < 1.29 is 9.59 Å². The molecule has 1 heterocycles. The van der Waals surface area contributed by atoms with Crippen LogP contribution < -0.4 is 10.2 Å². The lowest BCUT2D eigenvalue weighted by Crippen LogP contribution is -2.36. The summed E-state index contributed by atoms with van der Waals surface area (Å²) in [7, 11) is 0. The Labute approximate surface area is 156 Å². The van der Waals surface area contributed by atoms with Crippen LogP contribution in [-0.4, -0.2) is 18.4 Å². The van der Waals surface area contributed by atoms with Gasteiger partial charge >= 0.3 is 0 Å². The van der Waals surface area contributed by atoms with E-state index in [1.54, 1.807) is 4.90 Å². The van der Waals surface area contributed by atoms with Gasteiger partial charge in [0.2, 0.25) is 11.8 Å². The molecule has 0 radical (unpaired) electrons. The van der Waals surface area contributed by atoms with Gasteiger partial charge in [0.05, 0.1) is 0 Å². The molecule has 1 fully saturated rings. The third kappa shape index (κ3) is 3.93. The van der Waals surface area contributed by atoms with E-state index in [9.17, 15) is 9.59 Å². The Kier molecular flexibility index (Phi) is 5.23. The number of hydrogen-bond acceptors (Lipinski definition) is 2. The highest BCUT2D eigenvalue weighted by molar-refractivity contribution is 9.10. The van der Waals surface area contributed by atoms with Gasteiger partial charge in [0, 0.05) is 23.2 Å². The van der Waals surface area contributed by atoms with E-state index in [2.05, 4.69) is 21.2 Å². The number of carbonyl (C=O) groups is 2. The molecule has 2 amide bonds. The molecule has 0 bridgehead atoms. The zero-order chi connectivity index (χ0) is 18.0. The van der Waals surface area contributed by atoms with Crippen molar-refractivity contribution in [2.45, 2.75) is 26.8 Å². The highest BCUT2D eigenvalue weighted by Crippen LogP contribution is 2.30. The number of anilines is 1. The molecular weight excluding hydrogens is 380 g/mol. The number of nitrogens with zero attached hydrogens (tertiary/aromatic N) is 1. The summed E-state index contributed by atoms with van der Waals surface area (Å²) in [6.07, 6.45) is 0.546. The molecule has 1 saturated heterocycles. The monoisotopic (exact) mass is 400 g/mol. The molecule has 0 aromatic heterocycles. The molecule has 3 rings (SSSR count). The first kappa shape index (κ1) is 17.7. The van der Waals surface area contributed by atoms with Crippen LogP contribution in [0.5, 0.6) is 0 Å². The van der Waals surface area contributed by atoms with Crippen molar-refractivity contribution in [2.24, 2.45) is 5.92 Å². The number of hydrogen-bond donors (Lipinski definition) is 1. The van der Waals surface area contributed by atoms with E-state index in [0.717, 1.165) is 26.9 Å². The lowest BCUT2D eigenvalue weighted by atomic mass is 10.1. The lowest BCUT2D eigenvalue weighted by Gasteiger charge is -2.19. The second kappa shape index (κ2) is 7.40. The fourth-order valence-corrected chi connectivity index (χ4v) is 3.52. The SMILES string of the molecule is Cc1cccc(CNC(=O)[C@@H]2CCN(c3cc(Br)ccc3C)C2=O)c1. The first-order valence-electron chi connectivity index (χ1n) is 8.36. The van der Waals surface area contributed by atoms with Crippen molar-refractivity contribution >= 4 is 33.4 Å². The van der Waals surface area contributed by atoms with E-state index >= 15 is 0 Å². The largest absolute Gasteiger partial charge is 0.351 e. The summed E-state index contributed by atoms with van der Waals surface area (Å²) in [6, 6.07) is 13.8. The van der Waals surface area contributed by atoms with Crippen LogP contribution in [0.2, 0.25) is 0 Å². The second-order valence-electron chi connectivity index (χ2n) is 6.47. The van der Waals surface area contributed by atoms with E-state index in [0.29, 0.717) is 19.5 Å². The normalized spacial score (nSPS) is 17.0. The summed E-state index contributed by atoms with van der Waals surface area (Å²) in [5.74, 6) is -0.923. The molecule has 0 spiro atoms. The number of halogens is 1. The zero-order valence-electron chi connectivity index (χ0n) is 14.4. The summed E-state index contributed by atoms with van der Waals surface area (Å²) in [4.78, 5) is 26.9. The molecule has 1 aliphatic heterocycles. The average molecular weight is 401 g/mol. The van der Waals surface area contributed by atoms with Crippen molar-refractivity contribution in [1.29, 1.82) is 0 Å². The van der Waals surface area contributed by atoms with Crippen LogP contribution in [0, 0.1) is 19.8 Å². The van der Waals surface area contributed by atoms with Crippen LogP contribution in [0.3, 0.4) is 0 Å². The van der Waals surface area contributed by atoms with Crippen LogP contribution in [0.25, 0.3) is 0 Å². The van der Waals surface area contributed by atoms with Crippen LogP contribution >= 0.6 is 15.9 Å². The number of benzene rings is 2. The average Bonchev–Trinajstić information content (AvgIpc) is 2.96. The molecule has 5 heteroatoms. The fourth-order valence-electron chi connectivity index (χ4n) is 3.17. The van der Waals surface area contributed by atoms with Crippen molar-refractivity contribution in [2.75, 3.05) is 11.4 Å². The lowest BCUT2D eigenvalue weighted by molar-refractivity contribution is -0.132. The Morgan fingerprint density at radius 1 is 1.24 bits per heavy atom. The highest BCUT2D eigenvalue weighted by atomic mass is 79.9. The first-order chi connectivity index (χ1) is 12.0. The summed E-state index contributed by atoms with van der Waals surface area (Å²) in [5.41, 5.74) is 4.09. The molecule has 1 N–H and O–H groups in total. The predicted molar refractivity (Wildman–Crippen MR) is 102 cm³/mol. The van der Waals surface area contributed by atoms with E-state index in [1.165, 1.54) is 0 Å². The fraction of sp³-hybridized carbons (Fsp3) is 0.300. The minimum absolute atomic E-state index is 0.122. The van der Waals surface area contributed by atoms with Gasteiger partial charge in [-0.05, 0) is 43.5 Å². The molecule has 2 aromatic carbocycles. The smallest absolute Gasteiger partial charge is 0.239 e. The van der Waals surface area contributed by atoms with Gasteiger partial charge in [-0.15, -0.1) is 0 Å². The topological polar surface area (TPSA) is 49.4 Å². The number of amides is 2. The summed E-state index contributed by atoms with van der Waals surface area (Å²) >= 11 is 3.45. The van der Waals surface area contributed by atoms with Gasteiger partial charge in [0.1, 0.15) is 5.92 Å². The Hall–Kier alpha value is -2.14. The molecule has 2 aromatic rings. The maximum absolute atomic E-state index is 12.7. The molecule has 1 aliphatic rings. The number of rotatable bonds is 4. The van der Waals surface area contributed by atoms with Gasteiger partial charge in [-0.2, -0.15) is 0 Å². The molecule has 0 unspecified atom stereocenters. The van der Waals surface area contributed by atoms with Crippen molar-refractivity contribution in [3.05, 3.63) is 63.6 Å². The van der Waals surface area contributed by atoms with Crippen LogP contribution in [0.1, 0.15) is 23.1 Å².